The molecule has 15 heavy (non-hydrogen) atoms. The number of anilines is 1. The predicted molar refractivity (Wildman–Crippen MR) is 50.7 cm³/mol. The van der Waals surface area contributed by atoms with E-state index >= 15 is 0 Å². The number of rotatable bonds is 4. The highest BCUT2D eigenvalue weighted by Crippen LogP contribution is 2.21. The van der Waals surface area contributed by atoms with Gasteiger partial charge in [0.1, 0.15) is 0 Å². The number of nitro groups is 1. The van der Waals surface area contributed by atoms with E-state index in [1.807, 2.05) is 0 Å². The van der Waals surface area contributed by atoms with Crippen LogP contribution in [0.1, 0.15) is 0 Å². The second kappa shape index (κ2) is 4.36. The molecule has 0 radical (unpaired) electrons. The minimum Gasteiger partial charge on any atom is -0.376 e. The molecular weight excluding hydrogens is 205 g/mol. The van der Waals surface area contributed by atoms with E-state index in [1.165, 1.54) is 6.07 Å². The average molecular weight is 213 g/mol. The summed E-state index contributed by atoms with van der Waals surface area (Å²) in [4.78, 5) is 19.9. The van der Waals surface area contributed by atoms with Crippen molar-refractivity contribution in [1.82, 2.24) is 0 Å². The van der Waals surface area contributed by atoms with Crippen LogP contribution < -0.4 is 11.1 Å². The molecule has 1 aromatic carbocycles. The van der Waals surface area contributed by atoms with Gasteiger partial charge in [0.15, 0.2) is 0 Å². The van der Waals surface area contributed by atoms with E-state index in [0.717, 1.165) is 12.1 Å². The molecule has 1 amide bonds. The van der Waals surface area contributed by atoms with Gasteiger partial charge in [0.2, 0.25) is 11.7 Å². The van der Waals surface area contributed by atoms with E-state index in [9.17, 15) is 19.3 Å². The van der Waals surface area contributed by atoms with Gasteiger partial charge in [0, 0.05) is 11.8 Å². The number of hydrogen-bond donors (Lipinski definition) is 2. The molecule has 0 saturated heterocycles. The van der Waals surface area contributed by atoms with E-state index in [2.05, 4.69) is 5.32 Å². The molecule has 0 aliphatic rings. The van der Waals surface area contributed by atoms with Gasteiger partial charge in [-0.25, -0.2) is 0 Å². The van der Waals surface area contributed by atoms with Crippen LogP contribution in [0.3, 0.4) is 0 Å². The summed E-state index contributed by atoms with van der Waals surface area (Å²) >= 11 is 0. The number of nitrogens with one attached hydrogen (secondary N) is 1. The van der Waals surface area contributed by atoms with Gasteiger partial charge in [-0.05, 0) is 12.1 Å². The monoisotopic (exact) mass is 213 g/mol. The normalized spacial score (nSPS) is 9.67. The molecule has 0 spiro atoms. The summed E-state index contributed by atoms with van der Waals surface area (Å²) in [6, 6.07) is 3.23. The Kier molecular flexibility index (Phi) is 3.17. The van der Waals surface area contributed by atoms with Crippen LogP contribution in [0.25, 0.3) is 0 Å². The van der Waals surface area contributed by atoms with E-state index in [4.69, 9.17) is 5.73 Å². The number of carbonyl (C=O) groups excluding carboxylic acids is 1. The van der Waals surface area contributed by atoms with Crippen molar-refractivity contribution in [3.63, 3.8) is 0 Å². The van der Waals surface area contributed by atoms with E-state index in [0.29, 0.717) is 0 Å². The third kappa shape index (κ3) is 2.90. The first-order valence-corrected chi connectivity index (χ1v) is 3.97. The number of halogens is 1. The number of hydrogen-bond acceptors (Lipinski definition) is 4. The zero-order valence-electron chi connectivity index (χ0n) is 7.57. The Morgan fingerprint density at radius 1 is 1.60 bits per heavy atom. The lowest BCUT2D eigenvalue weighted by atomic mass is 10.2. The molecule has 6 nitrogen and oxygen atoms in total. The van der Waals surface area contributed by atoms with Gasteiger partial charge in [-0.1, -0.05) is 0 Å². The number of nitro benzene ring substituents is 1. The van der Waals surface area contributed by atoms with E-state index in [-0.39, 0.29) is 12.2 Å². The van der Waals surface area contributed by atoms with Crippen LogP contribution in [-0.4, -0.2) is 17.4 Å². The zero-order valence-corrected chi connectivity index (χ0v) is 7.57. The highest BCUT2D eigenvalue weighted by atomic mass is 19.1. The minimum absolute atomic E-state index is 0.164. The zero-order chi connectivity index (χ0) is 11.4. The molecule has 80 valence electrons. The highest BCUT2D eigenvalue weighted by Gasteiger charge is 2.14. The quantitative estimate of drug-likeness (QED) is 0.566. The van der Waals surface area contributed by atoms with Crippen molar-refractivity contribution in [1.29, 1.82) is 0 Å². The Bertz CT molecular complexity index is 408. The van der Waals surface area contributed by atoms with Crippen molar-refractivity contribution in [2.75, 3.05) is 11.9 Å². The number of carbonyl (C=O) groups is 1. The Morgan fingerprint density at radius 2 is 2.27 bits per heavy atom. The van der Waals surface area contributed by atoms with Crippen LogP contribution in [-0.2, 0) is 4.79 Å². The number of nitrogens with zero attached hydrogens (tertiary/aromatic N) is 1. The standard InChI is InChI=1S/C8H8FN3O3/c9-6-2-1-5(11-4-8(10)13)3-7(6)12(14)15/h1-3,11H,4H2,(H2,10,13). The fourth-order valence-electron chi connectivity index (χ4n) is 0.952. The summed E-state index contributed by atoms with van der Waals surface area (Å²) < 4.78 is 12.9. The van der Waals surface area contributed by atoms with Crippen LogP contribution in [0.5, 0.6) is 0 Å². The van der Waals surface area contributed by atoms with Crippen LogP contribution in [0.4, 0.5) is 15.8 Å². The van der Waals surface area contributed by atoms with Crippen molar-refractivity contribution < 1.29 is 14.1 Å². The van der Waals surface area contributed by atoms with Crippen molar-refractivity contribution in [2.24, 2.45) is 5.73 Å². The average Bonchev–Trinajstić information content (AvgIpc) is 2.16. The minimum atomic E-state index is -0.926. The summed E-state index contributed by atoms with van der Waals surface area (Å²) in [7, 11) is 0. The molecule has 0 saturated carbocycles. The fourth-order valence-corrected chi connectivity index (χ4v) is 0.952. The van der Waals surface area contributed by atoms with Gasteiger partial charge in [0.05, 0.1) is 11.5 Å². The molecule has 0 aliphatic carbocycles. The van der Waals surface area contributed by atoms with E-state index in [1.54, 1.807) is 0 Å². The van der Waals surface area contributed by atoms with Crippen molar-refractivity contribution in [3.8, 4) is 0 Å². The van der Waals surface area contributed by atoms with Gasteiger partial charge in [-0.3, -0.25) is 14.9 Å². The molecule has 0 heterocycles. The molecule has 0 fully saturated rings. The smallest absolute Gasteiger partial charge is 0.306 e. The first-order chi connectivity index (χ1) is 7.00. The van der Waals surface area contributed by atoms with Crippen LogP contribution in [0, 0.1) is 15.9 Å². The van der Waals surface area contributed by atoms with Gasteiger partial charge in [0.25, 0.3) is 0 Å². The van der Waals surface area contributed by atoms with Crippen LogP contribution in [0.15, 0.2) is 18.2 Å². The summed E-state index contributed by atoms with van der Waals surface area (Å²) in [6.45, 7) is -0.164. The van der Waals surface area contributed by atoms with E-state index < -0.39 is 22.3 Å². The molecule has 7 heteroatoms. The Labute approximate surface area is 84.0 Å². The third-order valence-corrected chi connectivity index (χ3v) is 1.61. The molecule has 1 rings (SSSR count). The van der Waals surface area contributed by atoms with Crippen LogP contribution >= 0.6 is 0 Å². The fraction of sp³-hybridized carbons (Fsp3) is 0.125. The Hall–Kier alpha value is -2.18. The molecule has 3 N–H and O–H groups in total. The van der Waals surface area contributed by atoms with Gasteiger partial charge in [-0.15, -0.1) is 0 Å². The lowest BCUT2D eigenvalue weighted by Crippen LogP contribution is -2.21. The lowest BCUT2D eigenvalue weighted by molar-refractivity contribution is -0.387. The van der Waals surface area contributed by atoms with Crippen LogP contribution in [0.2, 0.25) is 0 Å². The predicted octanol–water partition coefficient (Wildman–Crippen LogP) is 0.631. The first kappa shape index (κ1) is 10.9. The molecule has 0 atom stereocenters. The largest absolute Gasteiger partial charge is 0.376 e. The first-order valence-electron chi connectivity index (χ1n) is 3.97. The maximum Gasteiger partial charge on any atom is 0.306 e. The van der Waals surface area contributed by atoms with Crippen molar-refractivity contribution in [2.45, 2.75) is 0 Å². The molecular formula is C8H8FN3O3. The molecule has 0 bridgehead atoms. The summed E-state index contributed by atoms with van der Waals surface area (Å²) in [5.74, 6) is -1.54. The third-order valence-electron chi connectivity index (χ3n) is 1.61. The molecule has 0 aromatic heterocycles. The number of nitrogens with two attached hydrogens (primary N) is 1. The number of benzene rings is 1. The maximum absolute atomic E-state index is 12.9. The topological polar surface area (TPSA) is 98.3 Å². The van der Waals surface area contributed by atoms with Gasteiger partial charge >= 0.3 is 5.69 Å². The maximum atomic E-state index is 12.9. The summed E-state index contributed by atoms with van der Waals surface area (Å²) in [5, 5.41) is 12.9. The number of primary amides is 1. The van der Waals surface area contributed by atoms with Crippen molar-refractivity contribution in [3.05, 3.63) is 34.1 Å². The Balaban J connectivity index is 2.87. The SMILES string of the molecule is NC(=O)CNc1ccc(F)c([N+](=O)[O-])c1. The highest BCUT2D eigenvalue weighted by molar-refractivity contribution is 5.78. The van der Waals surface area contributed by atoms with Gasteiger partial charge < -0.3 is 11.1 Å². The lowest BCUT2D eigenvalue weighted by Gasteiger charge is -2.03. The van der Waals surface area contributed by atoms with Gasteiger partial charge in [-0.2, -0.15) is 4.39 Å². The Morgan fingerprint density at radius 3 is 2.80 bits per heavy atom. The molecule has 0 unspecified atom stereocenters. The second-order valence-corrected chi connectivity index (χ2v) is 2.74. The second-order valence-electron chi connectivity index (χ2n) is 2.74. The molecule has 1 aromatic rings. The number of amides is 1. The summed E-state index contributed by atoms with van der Waals surface area (Å²) in [5.41, 5.74) is 4.48. The molecule has 0 aliphatic heterocycles. The summed E-state index contributed by atoms with van der Waals surface area (Å²) in [6.07, 6.45) is 0. The van der Waals surface area contributed by atoms with Crippen molar-refractivity contribution >= 4 is 17.3 Å².